The Labute approximate surface area is 238 Å². The largest absolute Gasteiger partial charge is 0.480 e. The van der Waals surface area contributed by atoms with Crippen LogP contribution in [-0.4, -0.2) is 47.3 Å². The lowest BCUT2D eigenvalue weighted by molar-refractivity contribution is -0.140. The molecule has 1 saturated carbocycles. The molecule has 10 nitrogen and oxygen atoms in total. The van der Waals surface area contributed by atoms with Gasteiger partial charge in [0.15, 0.2) is 11.5 Å². The van der Waals surface area contributed by atoms with Crippen molar-refractivity contribution in [3.05, 3.63) is 52.7 Å². The molecule has 4 heterocycles. The molecule has 0 saturated heterocycles. The third kappa shape index (κ3) is 5.03. The van der Waals surface area contributed by atoms with Crippen molar-refractivity contribution < 1.29 is 22.7 Å². The second-order valence-corrected chi connectivity index (χ2v) is 10.8. The highest BCUT2D eigenvalue weighted by Gasteiger charge is 2.36. The van der Waals surface area contributed by atoms with Crippen LogP contribution in [0.25, 0.3) is 22.8 Å². The Morgan fingerprint density at radius 1 is 1.17 bits per heavy atom. The third-order valence-corrected chi connectivity index (χ3v) is 7.46. The van der Waals surface area contributed by atoms with Crippen molar-refractivity contribution in [1.82, 2.24) is 34.3 Å². The van der Waals surface area contributed by atoms with Crippen LogP contribution >= 0.6 is 11.6 Å². The summed E-state index contributed by atoms with van der Waals surface area (Å²) in [5, 5.41) is 4.89. The Hall–Kier alpha value is -4.00. The standard InChI is InChI=1S/C27H26ClF3N8O2/c1-14(2)37-12-19(27(29,30)31)34-24(37)17-7-4-15(10-18(17)28)11-38-20(40)8-9-39-26(38)35-23(36-39)21-22(16-5-6-16)32-13-33-25(21)41-3/h4,7,10,12-14,16H,5-6,8-9,11H2,1-3H3. The van der Waals surface area contributed by atoms with E-state index in [4.69, 9.17) is 21.3 Å². The lowest BCUT2D eigenvalue weighted by Gasteiger charge is -2.26. The summed E-state index contributed by atoms with van der Waals surface area (Å²) < 4.78 is 48.8. The zero-order chi connectivity index (χ0) is 29.1. The predicted octanol–water partition coefficient (Wildman–Crippen LogP) is 5.67. The van der Waals surface area contributed by atoms with Gasteiger partial charge in [-0.25, -0.2) is 19.6 Å². The lowest BCUT2D eigenvalue weighted by atomic mass is 10.1. The first kappa shape index (κ1) is 27.2. The molecule has 0 atom stereocenters. The van der Waals surface area contributed by atoms with E-state index in [1.54, 1.807) is 36.7 Å². The first-order chi connectivity index (χ1) is 19.5. The molecule has 0 radical (unpaired) electrons. The van der Waals surface area contributed by atoms with Gasteiger partial charge in [0.2, 0.25) is 17.7 Å². The molecular weight excluding hydrogens is 561 g/mol. The number of nitrogens with zero attached hydrogens (tertiary/aromatic N) is 8. The van der Waals surface area contributed by atoms with Gasteiger partial charge in [0, 0.05) is 30.1 Å². The summed E-state index contributed by atoms with van der Waals surface area (Å²) in [5.74, 6) is 1.40. The molecule has 1 aromatic carbocycles. The number of carbonyl (C=O) groups excluding carboxylic acids is 1. The summed E-state index contributed by atoms with van der Waals surface area (Å²) >= 11 is 6.59. The number of anilines is 1. The summed E-state index contributed by atoms with van der Waals surface area (Å²) in [6, 6.07) is 4.70. The van der Waals surface area contributed by atoms with Crippen LogP contribution in [0, 0.1) is 0 Å². The molecule has 0 unspecified atom stereocenters. The Bertz CT molecular complexity index is 1640. The molecule has 41 heavy (non-hydrogen) atoms. The lowest BCUT2D eigenvalue weighted by Crippen LogP contribution is -2.37. The number of rotatable bonds is 7. The average Bonchev–Trinajstić information content (AvgIpc) is 3.51. The second kappa shape index (κ2) is 10.1. The van der Waals surface area contributed by atoms with E-state index in [2.05, 4.69) is 20.1 Å². The van der Waals surface area contributed by atoms with Gasteiger partial charge in [-0.1, -0.05) is 17.7 Å². The summed E-state index contributed by atoms with van der Waals surface area (Å²) in [7, 11) is 1.53. The highest BCUT2D eigenvalue weighted by atomic mass is 35.5. The summed E-state index contributed by atoms with van der Waals surface area (Å²) in [6.45, 7) is 4.04. The van der Waals surface area contributed by atoms with Crippen molar-refractivity contribution in [2.24, 2.45) is 0 Å². The van der Waals surface area contributed by atoms with Gasteiger partial charge in [0.1, 0.15) is 17.7 Å². The number of halogens is 4. The Morgan fingerprint density at radius 2 is 1.95 bits per heavy atom. The SMILES string of the molecule is COc1ncnc(C2CC2)c1-c1nc2n(n1)CCC(=O)N2Cc1ccc(-c2nc(C(F)(F)F)cn2C(C)C)c(Cl)c1. The molecule has 0 bridgehead atoms. The number of ether oxygens (including phenoxy) is 1. The van der Waals surface area contributed by atoms with Crippen molar-refractivity contribution in [2.45, 2.75) is 64.3 Å². The molecule has 2 aliphatic rings. The minimum atomic E-state index is -4.58. The number of benzene rings is 1. The van der Waals surface area contributed by atoms with Crippen molar-refractivity contribution in [3.8, 4) is 28.7 Å². The van der Waals surface area contributed by atoms with Crippen LogP contribution in [0.5, 0.6) is 5.88 Å². The van der Waals surface area contributed by atoms with Crippen molar-refractivity contribution in [1.29, 1.82) is 0 Å². The van der Waals surface area contributed by atoms with E-state index in [0.29, 0.717) is 46.8 Å². The van der Waals surface area contributed by atoms with E-state index in [1.165, 1.54) is 22.9 Å². The number of carbonyl (C=O) groups is 1. The van der Waals surface area contributed by atoms with Crippen molar-refractivity contribution in [3.63, 3.8) is 0 Å². The van der Waals surface area contributed by atoms with Gasteiger partial charge in [-0.3, -0.25) is 9.69 Å². The number of alkyl halides is 3. The van der Waals surface area contributed by atoms with Gasteiger partial charge in [-0.05, 0) is 44.4 Å². The van der Waals surface area contributed by atoms with Crippen molar-refractivity contribution in [2.75, 3.05) is 12.0 Å². The van der Waals surface area contributed by atoms with E-state index in [0.717, 1.165) is 24.7 Å². The highest BCUT2D eigenvalue weighted by Crippen LogP contribution is 2.45. The molecule has 4 aromatic rings. The van der Waals surface area contributed by atoms with Crippen LogP contribution in [0.3, 0.4) is 0 Å². The van der Waals surface area contributed by atoms with Gasteiger partial charge < -0.3 is 9.30 Å². The molecule has 3 aromatic heterocycles. The zero-order valence-electron chi connectivity index (χ0n) is 22.5. The molecule has 0 spiro atoms. The van der Waals surface area contributed by atoms with Crippen molar-refractivity contribution >= 4 is 23.5 Å². The normalized spacial score (nSPS) is 15.5. The fraction of sp³-hybridized carbons (Fsp3) is 0.407. The van der Waals surface area contributed by atoms with Gasteiger partial charge in [-0.15, -0.1) is 5.10 Å². The molecular formula is C27H26ClF3N8O2. The van der Waals surface area contributed by atoms with E-state index >= 15 is 0 Å². The predicted molar refractivity (Wildman–Crippen MR) is 143 cm³/mol. The fourth-order valence-electron chi connectivity index (χ4n) is 4.95. The maximum atomic E-state index is 13.4. The summed E-state index contributed by atoms with van der Waals surface area (Å²) in [5.41, 5.74) is 1.49. The van der Waals surface area contributed by atoms with Crippen LogP contribution in [-0.2, 0) is 24.1 Å². The van der Waals surface area contributed by atoms with E-state index < -0.39 is 11.9 Å². The molecule has 1 aliphatic heterocycles. The summed E-state index contributed by atoms with van der Waals surface area (Å²) in [4.78, 5) is 31.8. The molecule has 1 fully saturated rings. The van der Waals surface area contributed by atoms with Crippen LogP contribution in [0.4, 0.5) is 19.1 Å². The van der Waals surface area contributed by atoms with Crippen LogP contribution < -0.4 is 9.64 Å². The minimum Gasteiger partial charge on any atom is -0.480 e. The van der Waals surface area contributed by atoms with Gasteiger partial charge in [0.25, 0.3) is 0 Å². The summed E-state index contributed by atoms with van der Waals surface area (Å²) in [6.07, 6.45) is 0.120. The van der Waals surface area contributed by atoms with E-state index in [1.807, 2.05) is 0 Å². The van der Waals surface area contributed by atoms with E-state index in [9.17, 15) is 18.0 Å². The zero-order valence-corrected chi connectivity index (χ0v) is 23.2. The maximum absolute atomic E-state index is 13.4. The molecule has 214 valence electrons. The smallest absolute Gasteiger partial charge is 0.434 e. The van der Waals surface area contributed by atoms with Gasteiger partial charge in [-0.2, -0.15) is 18.2 Å². The highest BCUT2D eigenvalue weighted by molar-refractivity contribution is 6.33. The monoisotopic (exact) mass is 586 g/mol. The van der Waals surface area contributed by atoms with Crippen LogP contribution in [0.1, 0.15) is 62.0 Å². The Morgan fingerprint density at radius 3 is 2.61 bits per heavy atom. The quantitative estimate of drug-likeness (QED) is 0.275. The molecule has 6 rings (SSSR count). The molecule has 1 amide bonds. The first-order valence-corrected chi connectivity index (χ1v) is 13.5. The number of aryl methyl sites for hydroxylation is 1. The number of hydrogen-bond acceptors (Lipinski definition) is 7. The molecule has 0 N–H and O–H groups in total. The van der Waals surface area contributed by atoms with E-state index in [-0.39, 0.29) is 35.8 Å². The fourth-order valence-corrected chi connectivity index (χ4v) is 5.24. The van der Waals surface area contributed by atoms with Gasteiger partial charge in [0.05, 0.1) is 30.9 Å². The van der Waals surface area contributed by atoms with Crippen LogP contribution in [0.15, 0.2) is 30.7 Å². The Balaban J connectivity index is 1.33. The third-order valence-electron chi connectivity index (χ3n) is 7.15. The average molecular weight is 587 g/mol. The minimum absolute atomic E-state index is 0.118. The van der Waals surface area contributed by atoms with Crippen LogP contribution in [0.2, 0.25) is 5.02 Å². The number of imidazole rings is 1. The molecule has 14 heteroatoms. The molecule has 1 aliphatic carbocycles. The first-order valence-electron chi connectivity index (χ1n) is 13.1. The Kier molecular flexibility index (Phi) is 6.71. The number of hydrogen-bond donors (Lipinski definition) is 0. The maximum Gasteiger partial charge on any atom is 0.434 e. The number of amides is 1. The van der Waals surface area contributed by atoms with Gasteiger partial charge >= 0.3 is 6.18 Å². The number of methoxy groups -OCH3 is 1. The number of aromatic nitrogens is 7. The number of fused-ring (bicyclic) bond motifs is 1. The topological polar surface area (TPSA) is 104 Å². The second-order valence-electron chi connectivity index (χ2n) is 10.4.